The molecule has 0 unspecified atom stereocenters. The number of aromatic amines is 1. The Morgan fingerprint density at radius 1 is 0.750 bits per heavy atom. The third-order valence-corrected chi connectivity index (χ3v) is 9.36. The number of ether oxygens (including phenoxy) is 2. The zero-order valence-corrected chi connectivity index (χ0v) is 22.2. The van der Waals surface area contributed by atoms with Crippen LogP contribution in [0.25, 0.3) is 22.2 Å². The highest BCUT2D eigenvalue weighted by molar-refractivity contribution is 5.91. The van der Waals surface area contributed by atoms with Gasteiger partial charge in [-0.1, -0.05) is 12.5 Å². The lowest BCUT2D eigenvalue weighted by atomic mass is 9.86. The number of H-pyrrole nitrogens is 1. The molecular weight excluding hydrogens is 446 g/mol. The van der Waals surface area contributed by atoms with Crippen LogP contribution >= 0.6 is 0 Å². The standard InChI is InChI=1S/C31H41N3O2/c1-21-27-19-23(7-9-28(27)32-31(21)24-8-10-29(35-2)30(20-24)36-3)22-11-15-33(16-12-22)26-13-17-34(18-14-26)25-5-4-6-25/h7-10,19-20,22,25-26,32H,4-6,11-18H2,1-3H3. The van der Waals surface area contributed by atoms with Gasteiger partial charge in [0.15, 0.2) is 11.5 Å². The number of fused-ring (bicyclic) bond motifs is 1. The summed E-state index contributed by atoms with van der Waals surface area (Å²) in [5, 5.41) is 1.34. The lowest BCUT2D eigenvalue weighted by Crippen LogP contribution is -2.51. The Bertz CT molecular complexity index is 1200. The lowest BCUT2D eigenvalue weighted by molar-refractivity contribution is 0.0468. The molecule has 0 amide bonds. The second-order valence-electron chi connectivity index (χ2n) is 11.2. The van der Waals surface area contributed by atoms with Gasteiger partial charge in [0.1, 0.15) is 0 Å². The molecule has 6 rings (SSSR count). The summed E-state index contributed by atoms with van der Waals surface area (Å²) in [7, 11) is 3.37. The van der Waals surface area contributed by atoms with E-state index >= 15 is 0 Å². The van der Waals surface area contributed by atoms with Crippen molar-refractivity contribution >= 4 is 10.9 Å². The number of aromatic nitrogens is 1. The number of likely N-dealkylation sites (tertiary alicyclic amines) is 2. The van der Waals surface area contributed by atoms with Crippen LogP contribution in [0.1, 0.15) is 62.0 Å². The van der Waals surface area contributed by atoms with Crippen LogP contribution in [0, 0.1) is 6.92 Å². The lowest BCUT2D eigenvalue weighted by Gasteiger charge is -2.45. The quantitative estimate of drug-likeness (QED) is 0.439. The van der Waals surface area contributed by atoms with Gasteiger partial charge in [0, 0.05) is 34.2 Å². The Morgan fingerprint density at radius 2 is 1.42 bits per heavy atom. The van der Waals surface area contributed by atoms with Crippen molar-refractivity contribution in [3.8, 4) is 22.8 Å². The summed E-state index contributed by atoms with van der Waals surface area (Å²) in [4.78, 5) is 9.24. The number of nitrogens with one attached hydrogen (secondary N) is 1. The summed E-state index contributed by atoms with van der Waals surface area (Å²) in [6.07, 6.45) is 9.63. The van der Waals surface area contributed by atoms with Gasteiger partial charge in [-0.15, -0.1) is 0 Å². The number of hydrogen-bond donors (Lipinski definition) is 1. The van der Waals surface area contributed by atoms with Crippen molar-refractivity contribution in [2.45, 2.75) is 69.9 Å². The third kappa shape index (κ3) is 4.41. The fourth-order valence-electron chi connectivity index (χ4n) is 6.84. The highest BCUT2D eigenvalue weighted by Crippen LogP contribution is 2.38. The molecular formula is C31H41N3O2. The number of piperidine rings is 2. The first-order chi connectivity index (χ1) is 17.6. The van der Waals surface area contributed by atoms with Gasteiger partial charge in [-0.3, -0.25) is 0 Å². The largest absolute Gasteiger partial charge is 0.493 e. The maximum atomic E-state index is 5.54. The monoisotopic (exact) mass is 487 g/mol. The minimum atomic E-state index is 0.666. The fraction of sp³-hybridized carbons (Fsp3) is 0.548. The fourth-order valence-corrected chi connectivity index (χ4v) is 6.84. The van der Waals surface area contributed by atoms with E-state index in [1.807, 2.05) is 6.07 Å². The van der Waals surface area contributed by atoms with E-state index in [0.717, 1.165) is 34.8 Å². The summed E-state index contributed by atoms with van der Waals surface area (Å²) >= 11 is 0. The van der Waals surface area contributed by atoms with E-state index < -0.39 is 0 Å². The summed E-state index contributed by atoms with van der Waals surface area (Å²) in [5.41, 5.74) is 6.29. The Balaban J connectivity index is 1.13. The molecule has 5 nitrogen and oxygen atoms in total. The topological polar surface area (TPSA) is 40.7 Å². The number of methoxy groups -OCH3 is 2. The van der Waals surface area contributed by atoms with Crippen molar-refractivity contribution in [1.82, 2.24) is 14.8 Å². The maximum absolute atomic E-state index is 5.54. The molecule has 3 aliphatic rings. The molecule has 3 fully saturated rings. The molecule has 3 aromatic rings. The second-order valence-corrected chi connectivity index (χ2v) is 11.2. The van der Waals surface area contributed by atoms with Crippen molar-refractivity contribution in [3.63, 3.8) is 0 Å². The zero-order chi connectivity index (χ0) is 24.6. The van der Waals surface area contributed by atoms with Crippen molar-refractivity contribution in [3.05, 3.63) is 47.5 Å². The molecule has 1 saturated carbocycles. The van der Waals surface area contributed by atoms with Crippen LogP contribution < -0.4 is 9.47 Å². The number of hydrogen-bond acceptors (Lipinski definition) is 4. The van der Waals surface area contributed by atoms with Crippen LogP contribution in [0.4, 0.5) is 0 Å². The van der Waals surface area contributed by atoms with Gasteiger partial charge < -0.3 is 24.3 Å². The average molecular weight is 488 g/mol. The molecule has 5 heteroatoms. The molecule has 2 saturated heterocycles. The summed E-state index contributed by atoms with van der Waals surface area (Å²) in [5.74, 6) is 2.18. The Labute approximate surface area is 215 Å². The van der Waals surface area contributed by atoms with E-state index in [2.05, 4.69) is 52.0 Å². The van der Waals surface area contributed by atoms with E-state index in [1.165, 1.54) is 93.2 Å². The number of nitrogens with zero attached hydrogens (tertiary/aromatic N) is 2. The molecule has 36 heavy (non-hydrogen) atoms. The predicted octanol–water partition coefficient (Wildman–Crippen LogP) is 6.36. The number of benzene rings is 2. The van der Waals surface area contributed by atoms with Crippen LogP contribution in [0.5, 0.6) is 11.5 Å². The smallest absolute Gasteiger partial charge is 0.161 e. The van der Waals surface area contributed by atoms with E-state index in [4.69, 9.17) is 9.47 Å². The normalized spacial score (nSPS) is 21.1. The van der Waals surface area contributed by atoms with Gasteiger partial charge in [-0.05, 0) is 119 Å². The van der Waals surface area contributed by atoms with E-state index in [0.29, 0.717) is 5.92 Å². The molecule has 0 bridgehead atoms. The molecule has 3 heterocycles. The first kappa shape index (κ1) is 23.9. The van der Waals surface area contributed by atoms with Crippen LogP contribution in [-0.4, -0.2) is 67.3 Å². The number of rotatable bonds is 6. The van der Waals surface area contributed by atoms with Crippen LogP contribution in [0.2, 0.25) is 0 Å². The van der Waals surface area contributed by atoms with Crippen LogP contribution in [0.15, 0.2) is 36.4 Å². The molecule has 1 N–H and O–H groups in total. The zero-order valence-electron chi connectivity index (χ0n) is 22.2. The minimum Gasteiger partial charge on any atom is -0.493 e. The van der Waals surface area contributed by atoms with Gasteiger partial charge in [0.05, 0.1) is 14.2 Å². The van der Waals surface area contributed by atoms with E-state index in [-0.39, 0.29) is 0 Å². The Kier molecular flexibility index (Phi) is 6.70. The predicted molar refractivity (Wildman–Crippen MR) is 147 cm³/mol. The van der Waals surface area contributed by atoms with Crippen LogP contribution in [-0.2, 0) is 0 Å². The highest BCUT2D eigenvalue weighted by atomic mass is 16.5. The second kappa shape index (κ2) is 10.1. The molecule has 0 atom stereocenters. The highest BCUT2D eigenvalue weighted by Gasteiger charge is 2.32. The van der Waals surface area contributed by atoms with E-state index in [1.54, 1.807) is 14.2 Å². The minimum absolute atomic E-state index is 0.666. The van der Waals surface area contributed by atoms with Crippen molar-refractivity contribution < 1.29 is 9.47 Å². The van der Waals surface area contributed by atoms with Crippen molar-refractivity contribution in [1.29, 1.82) is 0 Å². The third-order valence-electron chi connectivity index (χ3n) is 9.36. The SMILES string of the molecule is COc1ccc(-c2[nH]c3ccc(C4CCN(C5CCN(C6CCC6)CC5)CC4)cc3c2C)cc1OC. The van der Waals surface area contributed by atoms with Crippen molar-refractivity contribution in [2.24, 2.45) is 0 Å². The van der Waals surface area contributed by atoms with Gasteiger partial charge in [-0.2, -0.15) is 0 Å². The molecule has 1 aromatic heterocycles. The summed E-state index contributed by atoms with van der Waals surface area (Å²) in [6, 6.07) is 14.9. The maximum Gasteiger partial charge on any atom is 0.161 e. The van der Waals surface area contributed by atoms with Gasteiger partial charge in [0.25, 0.3) is 0 Å². The van der Waals surface area contributed by atoms with Crippen LogP contribution in [0.3, 0.4) is 0 Å². The Hall–Kier alpha value is -2.50. The molecule has 2 aromatic carbocycles. The molecule has 1 aliphatic carbocycles. The first-order valence-electron chi connectivity index (χ1n) is 14.0. The Morgan fingerprint density at radius 3 is 2.06 bits per heavy atom. The van der Waals surface area contributed by atoms with Gasteiger partial charge in [0.2, 0.25) is 0 Å². The van der Waals surface area contributed by atoms with Gasteiger partial charge in [-0.25, -0.2) is 0 Å². The molecule has 0 spiro atoms. The summed E-state index contributed by atoms with van der Waals surface area (Å²) in [6.45, 7) is 7.37. The molecule has 2 aliphatic heterocycles. The average Bonchev–Trinajstić information content (AvgIpc) is 3.23. The molecule has 0 radical (unpaired) electrons. The summed E-state index contributed by atoms with van der Waals surface area (Å²) < 4.78 is 11.0. The van der Waals surface area contributed by atoms with Gasteiger partial charge >= 0.3 is 0 Å². The van der Waals surface area contributed by atoms with Crippen molar-refractivity contribution in [2.75, 3.05) is 40.4 Å². The molecule has 192 valence electrons. The number of aryl methyl sites for hydroxylation is 1. The van der Waals surface area contributed by atoms with E-state index in [9.17, 15) is 0 Å². The first-order valence-corrected chi connectivity index (χ1v) is 14.0.